The van der Waals surface area contributed by atoms with Gasteiger partial charge in [0.05, 0.1) is 5.75 Å². The molecule has 0 radical (unpaired) electrons. The lowest BCUT2D eigenvalue weighted by Crippen LogP contribution is -2.27. The van der Waals surface area contributed by atoms with Crippen molar-refractivity contribution in [2.24, 2.45) is 18.4 Å². The molecule has 1 atom stereocenters. The zero-order chi connectivity index (χ0) is 14.9. The van der Waals surface area contributed by atoms with Gasteiger partial charge in [-0.3, -0.25) is 9.36 Å². The van der Waals surface area contributed by atoms with Gasteiger partial charge in [-0.15, -0.1) is 10.2 Å². The van der Waals surface area contributed by atoms with Gasteiger partial charge < -0.3 is 10.0 Å². The summed E-state index contributed by atoms with van der Waals surface area (Å²) in [5.41, 5.74) is 0.300. The van der Waals surface area contributed by atoms with Gasteiger partial charge >= 0.3 is 5.97 Å². The highest BCUT2D eigenvalue weighted by Gasteiger charge is 2.33. The number of carbonyl (C=O) groups is 1. The van der Waals surface area contributed by atoms with Gasteiger partial charge in [-0.1, -0.05) is 32.5 Å². The minimum Gasteiger partial charge on any atom is -0.481 e. The average molecular weight is 298 g/mol. The third kappa shape index (κ3) is 3.26. The largest absolute Gasteiger partial charge is 0.481 e. The fourth-order valence-corrected chi connectivity index (χ4v) is 3.11. The molecule has 0 spiro atoms. The molecule has 0 aromatic carbocycles. The summed E-state index contributed by atoms with van der Waals surface area (Å²) in [7, 11) is 1.89. The summed E-state index contributed by atoms with van der Waals surface area (Å²) in [4.78, 5) is 12.9. The maximum Gasteiger partial charge on any atom is 0.313 e. The Morgan fingerprint density at radius 3 is 2.70 bits per heavy atom. The molecule has 1 unspecified atom stereocenters. The van der Waals surface area contributed by atoms with Crippen molar-refractivity contribution >= 4 is 23.7 Å². The SMILES string of the molecule is Cn1c(SCC(=O)O)nnc1N1CCC(C(C)(C)C)C1. The molecule has 1 aliphatic heterocycles. The van der Waals surface area contributed by atoms with E-state index < -0.39 is 5.97 Å². The topological polar surface area (TPSA) is 71.2 Å². The molecule has 1 fully saturated rings. The van der Waals surface area contributed by atoms with E-state index in [0.717, 1.165) is 25.5 Å². The van der Waals surface area contributed by atoms with E-state index in [-0.39, 0.29) is 5.75 Å². The van der Waals surface area contributed by atoms with Crippen LogP contribution in [0.1, 0.15) is 27.2 Å². The van der Waals surface area contributed by atoms with E-state index in [4.69, 9.17) is 5.11 Å². The lowest BCUT2D eigenvalue weighted by Gasteiger charge is -2.27. The predicted molar refractivity (Wildman–Crippen MR) is 79.1 cm³/mol. The maximum atomic E-state index is 10.6. The zero-order valence-electron chi connectivity index (χ0n) is 12.5. The number of thioether (sulfide) groups is 1. The van der Waals surface area contributed by atoms with Crippen molar-refractivity contribution in [3.8, 4) is 0 Å². The molecule has 0 aliphatic carbocycles. The van der Waals surface area contributed by atoms with Gasteiger partial charge in [-0.25, -0.2) is 0 Å². The zero-order valence-corrected chi connectivity index (χ0v) is 13.3. The Morgan fingerprint density at radius 2 is 2.15 bits per heavy atom. The van der Waals surface area contributed by atoms with E-state index in [2.05, 4.69) is 35.9 Å². The van der Waals surface area contributed by atoms with Gasteiger partial charge in [-0.2, -0.15) is 0 Å². The number of hydrogen-bond acceptors (Lipinski definition) is 5. The fraction of sp³-hybridized carbons (Fsp3) is 0.769. The molecular weight excluding hydrogens is 276 g/mol. The standard InChI is InChI=1S/C13H22N4O2S/c1-13(2,3)9-5-6-17(7-9)11-14-15-12(16(11)4)20-8-10(18)19/h9H,5-8H2,1-4H3,(H,18,19). The number of nitrogens with zero attached hydrogens (tertiary/aromatic N) is 4. The first-order valence-corrected chi connectivity index (χ1v) is 7.76. The van der Waals surface area contributed by atoms with Crippen LogP contribution in [0.15, 0.2) is 5.16 Å². The van der Waals surface area contributed by atoms with Crippen molar-refractivity contribution in [2.45, 2.75) is 32.3 Å². The summed E-state index contributed by atoms with van der Waals surface area (Å²) < 4.78 is 1.89. The summed E-state index contributed by atoms with van der Waals surface area (Å²) >= 11 is 1.20. The molecule has 6 nitrogen and oxygen atoms in total. The molecule has 1 saturated heterocycles. The fourth-order valence-electron chi connectivity index (χ4n) is 2.48. The van der Waals surface area contributed by atoms with E-state index in [1.165, 1.54) is 11.8 Å². The lowest BCUT2D eigenvalue weighted by atomic mass is 9.80. The highest BCUT2D eigenvalue weighted by atomic mass is 32.2. The first-order chi connectivity index (χ1) is 9.29. The Morgan fingerprint density at radius 1 is 1.45 bits per heavy atom. The predicted octanol–water partition coefficient (Wildman–Crippen LogP) is 1.86. The van der Waals surface area contributed by atoms with Crippen LogP contribution in [0.4, 0.5) is 5.95 Å². The Balaban J connectivity index is 2.06. The van der Waals surface area contributed by atoms with Gasteiger partial charge in [0.25, 0.3) is 0 Å². The molecule has 2 rings (SSSR count). The van der Waals surface area contributed by atoms with E-state index in [9.17, 15) is 4.79 Å². The summed E-state index contributed by atoms with van der Waals surface area (Å²) in [6.45, 7) is 8.78. The molecule has 0 bridgehead atoms. The summed E-state index contributed by atoms with van der Waals surface area (Å²) in [5.74, 6) is 0.656. The van der Waals surface area contributed by atoms with Crippen LogP contribution < -0.4 is 4.90 Å². The van der Waals surface area contributed by atoms with Crippen molar-refractivity contribution in [1.29, 1.82) is 0 Å². The minimum absolute atomic E-state index is 0.0105. The number of anilines is 1. The second-order valence-corrected chi connectivity index (χ2v) is 7.26. The van der Waals surface area contributed by atoms with E-state index >= 15 is 0 Å². The third-order valence-corrected chi connectivity index (χ3v) is 4.84. The first kappa shape index (κ1) is 15.2. The third-order valence-electron chi connectivity index (χ3n) is 3.83. The Hall–Kier alpha value is -1.24. The van der Waals surface area contributed by atoms with Crippen molar-refractivity contribution in [3.05, 3.63) is 0 Å². The number of carboxylic acids is 1. The molecule has 1 aromatic rings. The van der Waals surface area contributed by atoms with Gasteiger partial charge in [0.15, 0.2) is 5.16 Å². The molecule has 20 heavy (non-hydrogen) atoms. The molecule has 7 heteroatoms. The van der Waals surface area contributed by atoms with Crippen molar-refractivity contribution < 1.29 is 9.90 Å². The summed E-state index contributed by atoms with van der Waals surface area (Å²) in [5, 5.41) is 17.7. The number of hydrogen-bond donors (Lipinski definition) is 1. The molecule has 1 N–H and O–H groups in total. The second-order valence-electron chi connectivity index (χ2n) is 6.32. The van der Waals surface area contributed by atoms with Crippen LogP contribution in [0.25, 0.3) is 0 Å². The van der Waals surface area contributed by atoms with Crippen LogP contribution in [0.3, 0.4) is 0 Å². The van der Waals surface area contributed by atoms with E-state index in [1.807, 2.05) is 11.6 Å². The van der Waals surface area contributed by atoms with Crippen molar-refractivity contribution in [3.63, 3.8) is 0 Å². The first-order valence-electron chi connectivity index (χ1n) is 6.78. The smallest absolute Gasteiger partial charge is 0.313 e. The number of aliphatic carboxylic acids is 1. The molecule has 1 aliphatic rings. The van der Waals surface area contributed by atoms with Gasteiger partial charge in [0.1, 0.15) is 0 Å². The molecule has 1 aromatic heterocycles. The van der Waals surface area contributed by atoms with Gasteiger partial charge in [0, 0.05) is 20.1 Å². The second kappa shape index (κ2) is 5.63. The Labute approximate surface area is 123 Å². The molecule has 0 saturated carbocycles. The maximum absolute atomic E-state index is 10.6. The molecular formula is C13H22N4O2S. The highest BCUT2D eigenvalue weighted by molar-refractivity contribution is 7.99. The van der Waals surface area contributed by atoms with Crippen LogP contribution in [-0.2, 0) is 11.8 Å². The normalized spacial score (nSPS) is 19.6. The molecule has 112 valence electrons. The monoisotopic (exact) mass is 298 g/mol. The number of aromatic nitrogens is 3. The van der Waals surface area contributed by atoms with Crippen LogP contribution in [0.2, 0.25) is 0 Å². The van der Waals surface area contributed by atoms with Crippen LogP contribution in [0, 0.1) is 11.3 Å². The van der Waals surface area contributed by atoms with E-state index in [1.54, 1.807) is 0 Å². The van der Waals surface area contributed by atoms with Crippen LogP contribution in [0.5, 0.6) is 0 Å². The average Bonchev–Trinajstić information content (AvgIpc) is 2.92. The van der Waals surface area contributed by atoms with Gasteiger partial charge in [0.2, 0.25) is 5.95 Å². The molecule has 0 amide bonds. The highest BCUT2D eigenvalue weighted by Crippen LogP contribution is 2.35. The van der Waals surface area contributed by atoms with Crippen LogP contribution >= 0.6 is 11.8 Å². The number of carboxylic acid groups (broad SMARTS) is 1. The van der Waals surface area contributed by atoms with Crippen molar-refractivity contribution in [1.82, 2.24) is 14.8 Å². The lowest BCUT2D eigenvalue weighted by molar-refractivity contribution is -0.133. The summed E-state index contributed by atoms with van der Waals surface area (Å²) in [6, 6.07) is 0. The van der Waals surface area contributed by atoms with Crippen molar-refractivity contribution in [2.75, 3.05) is 23.7 Å². The summed E-state index contributed by atoms with van der Waals surface area (Å²) in [6.07, 6.45) is 1.16. The Kier molecular flexibility index (Phi) is 4.27. The Bertz CT molecular complexity index is 495. The van der Waals surface area contributed by atoms with Gasteiger partial charge in [-0.05, 0) is 17.8 Å². The number of rotatable bonds is 4. The molecule has 2 heterocycles. The minimum atomic E-state index is -0.839. The quantitative estimate of drug-likeness (QED) is 0.856. The van der Waals surface area contributed by atoms with E-state index in [0.29, 0.717) is 16.5 Å². The van der Waals surface area contributed by atoms with Crippen LogP contribution in [-0.4, -0.2) is 44.7 Å².